The van der Waals surface area contributed by atoms with Crippen molar-refractivity contribution in [3.63, 3.8) is 0 Å². The number of rotatable bonds is 5. The number of hydrogen-bond donors (Lipinski definition) is 0. The van der Waals surface area contributed by atoms with Gasteiger partial charge in [-0.15, -0.1) is 10.2 Å². The molecule has 3 rings (SSSR count). The van der Waals surface area contributed by atoms with Gasteiger partial charge in [0.25, 0.3) is 0 Å². The fourth-order valence-electron chi connectivity index (χ4n) is 2.91. The van der Waals surface area contributed by atoms with Crippen LogP contribution in [0.15, 0.2) is 24.3 Å². The first-order chi connectivity index (χ1) is 13.4. The highest BCUT2D eigenvalue weighted by atomic mass is 35.5. The molecule has 0 radical (unpaired) electrons. The molecule has 0 saturated carbocycles. The van der Waals surface area contributed by atoms with E-state index < -0.39 is 11.9 Å². The highest BCUT2D eigenvalue weighted by Gasteiger charge is 2.26. The third kappa shape index (κ3) is 3.55. The van der Waals surface area contributed by atoms with Crippen LogP contribution in [0.1, 0.15) is 41.6 Å². The van der Waals surface area contributed by atoms with Crippen LogP contribution >= 0.6 is 11.6 Å². The minimum absolute atomic E-state index is 0.0447. The summed E-state index contributed by atoms with van der Waals surface area (Å²) in [7, 11) is 2.50. The van der Waals surface area contributed by atoms with Crippen molar-refractivity contribution in [1.82, 2.24) is 19.8 Å². The Morgan fingerprint density at radius 1 is 1.18 bits per heavy atom. The van der Waals surface area contributed by atoms with E-state index in [2.05, 4.69) is 15.3 Å². The number of esters is 2. The van der Waals surface area contributed by atoms with Crippen LogP contribution in [0.2, 0.25) is 5.02 Å². The molecular weight excluding hydrogens is 384 g/mol. The first kappa shape index (κ1) is 19.8. The Morgan fingerprint density at radius 3 is 2.54 bits per heavy atom. The lowest BCUT2D eigenvalue weighted by Crippen LogP contribution is -2.19. The van der Waals surface area contributed by atoms with E-state index in [9.17, 15) is 9.59 Å². The average molecular weight is 403 g/mol. The molecule has 3 aromatic rings. The second-order valence-corrected chi connectivity index (χ2v) is 6.84. The van der Waals surface area contributed by atoms with E-state index in [0.29, 0.717) is 10.7 Å². The van der Waals surface area contributed by atoms with Gasteiger partial charge in [0, 0.05) is 5.02 Å². The average Bonchev–Trinajstić information content (AvgIpc) is 3.08. The van der Waals surface area contributed by atoms with Crippen LogP contribution in [-0.4, -0.2) is 46.0 Å². The number of halogens is 1. The van der Waals surface area contributed by atoms with Gasteiger partial charge in [0.2, 0.25) is 0 Å². The molecule has 0 atom stereocenters. The van der Waals surface area contributed by atoms with Crippen LogP contribution in [0.25, 0.3) is 16.8 Å². The number of fused-ring (bicyclic) bond motifs is 1. The fraction of sp³-hybridized carbons (Fsp3) is 0.316. The predicted octanol–water partition coefficient (Wildman–Crippen LogP) is 3.07. The van der Waals surface area contributed by atoms with Crippen molar-refractivity contribution in [2.24, 2.45) is 0 Å². The Morgan fingerprint density at radius 2 is 1.93 bits per heavy atom. The molecule has 146 valence electrons. The summed E-state index contributed by atoms with van der Waals surface area (Å²) in [5.41, 5.74) is 2.87. The number of carbonyl (C=O) groups is 2. The Labute approximate surface area is 166 Å². The lowest BCUT2D eigenvalue weighted by molar-refractivity contribution is -0.139. The first-order valence-corrected chi connectivity index (χ1v) is 8.94. The van der Waals surface area contributed by atoms with Crippen molar-refractivity contribution in [1.29, 1.82) is 0 Å². The van der Waals surface area contributed by atoms with E-state index >= 15 is 0 Å². The molecule has 0 aliphatic rings. The zero-order valence-corrected chi connectivity index (χ0v) is 16.6. The summed E-state index contributed by atoms with van der Waals surface area (Å²) in [6.45, 7) is 3.98. The summed E-state index contributed by atoms with van der Waals surface area (Å²) in [6, 6.07) is 7.30. The maximum absolute atomic E-state index is 12.2. The quantitative estimate of drug-likeness (QED) is 0.605. The Kier molecular flexibility index (Phi) is 5.60. The molecule has 0 aliphatic heterocycles. The lowest BCUT2D eigenvalue weighted by Gasteiger charge is -2.08. The largest absolute Gasteiger partial charge is 0.469 e. The van der Waals surface area contributed by atoms with Gasteiger partial charge < -0.3 is 9.47 Å². The van der Waals surface area contributed by atoms with Crippen LogP contribution in [0, 0.1) is 0 Å². The standard InChI is InChI=1S/C19H19ClN4O4/c1-10(2)16-15(11-6-5-7-12(20)8-11)18-22-21-17(19(26)28-4)13(24(18)23-16)9-14(25)27-3/h5-8,10H,9H2,1-4H3. The smallest absolute Gasteiger partial charge is 0.360 e. The van der Waals surface area contributed by atoms with E-state index in [1.807, 2.05) is 26.0 Å². The molecule has 0 aliphatic carbocycles. The summed E-state index contributed by atoms with van der Waals surface area (Å²) in [4.78, 5) is 24.1. The van der Waals surface area contributed by atoms with Crippen LogP contribution in [0.5, 0.6) is 0 Å². The SMILES string of the molecule is COC(=O)Cc1c(C(=O)OC)nnc2c(-c3cccc(Cl)c3)c(C(C)C)nn12. The summed E-state index contributed by atoms with van der Waals surface area (Å²) >= 11 is 6.16. The van der Waals surface area contributed by atoms with Gasteiger partial charge in [-0.1, -0.05) is 37.6 Å². The number of nitrogens with zero attached hydrogens (tertiary/aromatic N) is 4. The highest BCUT2D eigenvalue weighted by molar-refractivity contribution is 6.30. The molecule has 9 heteroatoms. The van der Waals surface area contributed by atoms with Gasteiger partial charge in [-0.2, -0.15) is 5.10 Å². The maximum Gasteiger partial charge on any atom is 0.360 e. The van der Waals surface area contributed by atoms with Gasteiger partial charge in [0.15, 0.2) is 11.3 Å². The van der Waals surface area contributed by atoms with Gasteiger partial charge in [-0.25, -0.2) is 9.31 Å². The first-order valence-electron chi connectivity index (χ1n) is 8.56. The molecule has 0 fully saturated rings. The van der Waals surface area contributed by atoms with Crippen molar-refractivity contribution in [3.05, 3.63) is 46.4 Å². The normalized spacial score (nSPS) is 11.1. The van der Waals surface area contributed by atoms with Gasteiger partial charge in [-0.3, -0.25) is 4.79 Å². The van der Waals surface area contributed by atoms with E-state index in [0.717, 1.165) is 16.8 Å². The van der Waals surface area contributed by atoms with Gasteiger partial charge in [0.1, 0.15) is 0 Å². The molecule has 2 aromatic heterocycles. The van der Waals surface area contributed by atoms with Crippen LogP contribution < -0.4 is 0 Å². The van der Waals surface area contributed by atoms with E-state index in [1.54, 1.807) is 12.1 Å². The lowest BCUT2D eigenvalue weighted by atomic mass is 9.99. The molecule has 8 nitrogen and oxygen atoms in total. The zero-order valence-electron chi connectivity index (χ0n) is 15.9. The molecule has 1 aromatic carbocycles. The molecule has 0 saturated heterocycles. The second kappa shape index (κ2) is 7.93. The van der Waals surface area contributed by atoms with E-state index in [1.165, 1.54) is 18.7 Å². The van der Waals surface area contributed by atoms with Gasteiger partial charge >= 0.3 is 11.9 Å². The topological polar surface area (TPSA) is 95.7 Å². The predicted molar refractivity (Wildman–Crippen MR) is 102 cm³/mol. The van der Waals surface area contributed by atoms with Crippen LogP contribution in [-0.2, 0) is 20.7 Å². The van der Waals surface area contributed by atoms with Gasteiger partial charge in [0.05, 0.1) is 37.6 Å². The summed E-state index contributed by atoms with van der Waals surface area (Å²) < 4.78 is 11.0. The van der Waals surface area contributed by atoms with Crippen LogP contribution in [0.3, 0.4) is 0 Å². The van der Waals surface area contributed by atoms with E-state index in [-0.39, 0.29) is 23.7 Å². The molecule has 28 heavy (non-hydrogen) atoms. The summed E-state index contributed by atoms with van der Waals surface area (Å²) in [5.74, 6) is -1.20. The molecule has 2 heterocycles. The van der Waals surface area contributed by atoms with Crippen molar-refractivity contribution < 1.29 is 19.1 Å². The van der Waals surface area contributed by atoms with Gasteiger partial charge in [-0.05, 0) is 23.6 Å². The van der Waals surface area contributed by atoms with Crippen molar-refractivity contribution >= 4 is 29.2 Å². The number of methoxy groups -OCH3 is 2. The third-order valence-corrected chi connectivity index (χ3v) is 4.48. The zero-order chi connectivity index (χ0) is 20.4. The molecule has 0 unspecified atom stereocenters. The Bertz CT molecular complexity index is 1060. The van der Waals surface area contributed by atoms with Crippen LogP contribution in [0.4, 0.5) is 0 Å². The number of aromatic nitrogens is 4. The molecule has 0 amide bonds. The minimum Gasteiger partial charge on any atom is -0.469 e. The molecule has 0 bridgehead atoms. The Hall–Kier alpha value is -3.00. The maximum atomic E-state index is 12.2. The second-order valence-electron chi connectivity index (χ2n) is 6.40. The van der Waals surface area contributed by atoms with Crippen molar-refractivity contribution in [2.75, 3.05) is 14.2 Å². The number of carbonyl (C=O) groups excluding carboxylic acids is 2. The van der Waals surface area contributed by atoms with Crippen molar-refractivity contribution in [2.45, 2.75) is 26.2 Å². The monoisotopic (exact) mass is 402 g/mol. The number of benzene rings is 1. The summed E-state index contributed by atoms with van der Waals surface area (Å²) in [6.07, 6.45) is -0.207. The molecule has 0 spiro atoms. The minimum atomic E-state index is -0.709. The highest BCUT2D eigenvalue weighted by Crippen LogP contribution is 2.33. The Balaban J connectivity index is 2.36. The third-order valence-electron chi connectivity index (χ3n) is 4.24. The van der Waals surface area contributed by atoms with E-state index in [4.69, 9.17) is 21.1 Å². The number of hydrogen-bond acceptors (Lipinski definition) is 7. The molecule has 0 N–H and O–H groups in total. The fourth-order valence-corrected chi connectivity index (χ4v) is 3.10. The molecular formula is C19H19ClN4O4. The number of ether oxygens (including phenoxy) is 2. The summed E-state index contributed by atoms with van der Waals surface area (Å²) in [5, 5.41) is 13.4. The van der Waals surface area contributed by atoms with Crippen molar-refractivity contribution in [3.8, 4) is 11.1 Å².